The zero-order valence-corrected chi connectivity index (χ0v) is 12.1. The van der Waals surface area contributed by atoms with Gasteiger partial charge < -0.3 is 15.0 Å². The predicted octanol–water partition coefficient (Wildman–Crippen LogP) is 3.02. The van der Waals surface area contributed by atoms with Crippen molar-refractivity contribution in [3.05, 3.63) is 29.8 Å². The SMILES string of the molecule is CN(Cc1cccc(OC(F)(F)F)c1)CC1CCNCC1. The van der Waals surface area contributed by atoms with Crippen LogP contribution in [0.15, 0.2) is 24.3 Å². The lowest BCUT2D eigenvalue weighted by molar-refractivity contribution is -0.274. The van der Waals surface area contributed by atoms with Crippen molar-refractivity contribution in [2.75, 3.05) is 26.7 Å². The van der Waals surface area contributed by atoms with Crippen molar-refractivity contribution in [1.82, 2.24) is 10.2 Å². The number of benzene rings is 1. The molecule has 0 spiro atoms. The highest BCUT2D eigenvalue weighted by Crippen LogP contribution is 2.24. The molecule has 1 aliphatic heterocycles. The molecule has 21 heavy (non-hydrogen) atoms. The molecule has 0 radical (unpaired) electrons. The first-order valence-corrected chi connectivity index (χ1v) is 7.16. The molecule has 1 aromatic rings. The van der Waals surface area contributed by atoms with Gasteiger partial charge in [-0.1, -0.05) is 12.1 Å². The lowest BCUT2D eigenvalue weighted by atomic mass is 9.97. The van der Waals surface area contributed by atoms with Gasteiger partial charge in [-0.15, -0.1) is 13.2 Å². The Balaban J connectivity index is 1.88. The van der Waals surface area contributed by atoms with E-state index in [9.17, 15) is 13.2 Å². The molecule has 2 rings (SSSR count). The summed E-state index contributed by atoms with van der Waals surface area (Å²) in [6.07, 6.45) is -2.33. The van der Waals surface area contributed by atoms with Crippen LogP contribution < -0.4 is 10.1 Å². The number of hydrogen-bond donors (Lipinski definition) is 1. The number of rotatable bonds is 5. The highest BCUT2D eigenvalue weighted by atomic mass is 19.4. The lowest BCUT2D eigenvalue weighted by Crippen LogP contribution is -2.34. The van der Waals surface area contributed by atoms with Gasteiger partial charge in [-0.3, -0.25) is 0 Å². The largest absolute Gasteiger partial charge is 0.573 e. The molecule has 1 aromatic carbocycles. The van der Waals surface area contributed by atoms with E-state index < -0.39 is 6.36 Å². The summed E-state index contributed by atoms with van der Waals surface area (Å²) in [7, 11) is 2.00. The number of piperidine rings is 1. The maximum Gasteiger partial charge on any atom is 0.573 e. The van der Waals surface area contributed by atoms with Gasteiger partial charge in [0.2, 0.25) is 0 Å². The second kappa shape index (κ2) is 7.13. The van der Waals surface area contributed by atoms with Gasteiger partial charge in [0.25, 0.3) is 0 Å². The first-order chi connectivity index (χ1) is 9.92. The Morgan fingerprint density at radius 2 is 2.00 bits per heavy atom. The number of ether oxygens (including phenoxy) is 1. The molecule has 0 unspecified atom stereocenters. The van der Waals surface area contributed by atoms with Crippen molar-refractivity contribution in [2.24, 2.45) is 5.92 Å². The van der Waals surface area contributed by atoms with Crippen LogP contribution in [-0.2, 0) is 6.54 Å². The molecule has 1 aliphatic rings. The zero-order chi connectivity index (χ0) is 15.3. The van der Waals surface area contributed by atoms with E-state index in [-0.39, 0.29) is 5.75 Å². The minimum Gasteiger partial charge on any atom is -0.406 e. The molecule has 1 fully saturated rings. The molecule has 1 saturated heterocycles. The molecule has 0 atom stereocenters. The second-order valence-electron chi connectivity index (χ2n) is 5.59. The monoisotopic (exact) mass is 302 g/mol. The first kappa shape index (κ1) is 16.1. The van der Waals surface area contributed by atoms with Crippen molar-refractivity contribution >= 4 is 0 Å². The molecule has 0 bridgehead atoms. The van der Waals surface area contributed by atoms with E-state index >= 15 is 0 Å². The quantitative estimate of drug-likeness (QED) is 0.905. The molecule has 3 nitrogen and oxygen atoms in total. The zero-order valence-electron chi connectivity index (χ0n) is 12.1. The van der Waals surface area contributed by atoms with Crippen molar-refractivity contribution in [3.63, 3.8) is 0 Å². The van der Waals surface area contributed by atoms with Gasteiger partial charge in [0.15, 0.2) is 0 Å². The van der Waals surface area contributed by atoms with Crippen LogP contribution in [0.25, 0.3) is 0 Å². The van der Waals surface area contributed by atoms with Crippen LogP contribution in [-0.4, -0.2) is 37.9 Å². The molecule has 118 valence electrons. The highest BCUT2D eigenvalue weighted by molar-refractivity contribution is 5.28. The van der Waals surface area contributed by atoms with Crippen molar-refractivity contribution in [1.29, 1.82) is 0 Å². The van der Waals surface area contributed by atoms with E-state index in [1.165, 1.54) is 12.1 Å². The van der Waals surface area contributed by atoms with Crippen LogP contribution in [0.2, 0.25) is 0 Å². The van der Waals surface area contributed by atoms with E-state index in [0.717, 1.165) is 38.0 Å². The number of nitrogens with one attached hydrogen (secondary N) is 1. The molecular formula is C15H21F3N2O. The van der Waals surface area contributed by atoms with Crippen LogP contribution in [0, 0.1) is 5.92 Å². The van der Waals surface area contributed by atoms with E-state index in [1.54, 1.807) is 6.07 Å². The Labute approximate surface area is 123 Å². The summed E-state index contributed by atoms with van der Waals surface area (Å²) in [5.41, 5.74) is 0.827. The van der Waals surface area contributed by atoms with Gasteiger partial charge in [0.1, 0.15) is 5.75 Å². The normalized spacial score (nSPS) is 17.2. The molecule has 0 aliphatic carbocycles. The highest BCUT2D eigenvalue weighted by Gasteiger charge is 2.31. The van der Waals surface area contributed by atoms with Crippen LogP contribution in [0.1, 0.15) is 18.4 Å². The molecule has 1 N–H and O–H groups in total. The van der Waals surface area contributed by atoms with Gasteiger partial charge in [-0.25, -0.2) is 0 Å². The Kier molecular flexibility index (Phi) is 5.47. The summed E-state index contributed by atoms with van der Waals surface area (Å²) in [6, 6.07) is 6.19. The summed E-state index contributed by atoms with van der Waals surface area (Å²) in [5.74, 6) is 0.501. The Morgan fingerprint density at radius 1 is 1.29 bits per heavy atom. The number of hydrogen-bond acceptors (Lipinski definition) is 3. The fourth-order valence-corrected chi connectivity index (χ4v) is 2.72. The van der Waals surface area contributed by atoms with E-state index in [0.29, 0.717) is 12.5 Å². The number of nitrogens with zero attached hydrogens (tertiary/aromatic N) is 1. The summed E-state index contributed by atoms with van der Waals surface area (Å²) < 4.78 is 40.6. The summed E-state index contributed by atoms with van der Waals surface area (Å²) in [5, 5.41) is 3.33. The maximum atomic E-state index is 12.2. The topological polar surface area (TPSA) is 24.5 Å². The van der Waals surface area contributed by atoms with Crippen molar-refractivity contribution in [2.45, 2.75) is 25.7 Å². The van der Waals surface area contributed by atoms with Crippen LogP contribution in [0.3, 0.4) is 0 Å². The summed E-state index contributed by atoms with van der Waals surface area (Å²) >= 11 is 0. The van der Waals surface area contributed by atoms with Gasteiger partial charge in [0, 0.05) is 13.1 Å². The van der Waals surface area contributed by atoms with Crippen LogP contribution in [0.4, 0.5) is 13.2 Å². The van der Waals surface area contributed by atoms with E-state index in [1.807, 2.05) is 13.1 Å². The van der Waals surface area contributed by atoms with Crippen molar-refractivity contribution < 1.29 is 17.9 Å². The predicted molar refractivity (Wildman–Crippen MR) is 75.1 cm³/mol. The minimum absolute atomic E-state index is 0.157. The third kappa shape index (κ3) is 5.93. The molecule has 0 amide bonds. The third-order valence-electron chi connectivity index (χ3n) is 3.61. The van der Waals surface area contributed by atoms with Crippen LogP contribution >= 0.6 is 0 Å². The number of halogens is 3. The fraction of sp³-hybridized carbons (Fsp3) is 0.600. The minimum atomic E-state index is -4.64. The van der Waals surface area contributed by atoms with E-state index in [4.69, 9.17) is 0 Å². The summed E-state index contributed by atoms with van der Waals surface area (Å²) in [4.78, 5) is 2.16. The Morgan fingerprint density at radius 3 is 2.67 bits per heavy atom. The fourth-order valence-electron chi connectivity index (χ4n) is 2.72. The molecule has 0 saturated carbocycles. The second-order valence-corrected chi connectivity index (χ2v) is 5.59. The average molecular weight is 302 g/mol. The third-order valence-corrected chi connectivity index (χ3v) is 3.61. The molecule has 1 heterocycles. The maximum absolute atomic E-state index is 12.2. The standard InChI is InChI=1S/C15H21F3N2O/c1-20(10-12-5-7-19-8-6-12)11-13-3-2-4-14(9-13)21-15(16,17)18/h2-4,9,12,19H,5-8,10-11H2,1H3. The Bertz CT molecular complexity index is 445. The summed E-state index contributed by atoms with van der Waals surface area (Å²) in [6.45, 7) is 3.69. The van der Waals surface area contributed by atoms with Crippen LogP contribution in [0.5, 0.6) is 5.75 Å². The number of alkyl halides is 3. The van der Waals surface area contributed by atoms with Gasteiger partial charge in [-0.2, -0.15) is 0 Å². The van der Waals surface area contributed by atoms with Crippen molar-refractivity contribution in [3.8, 4) is 5.75 Å². The van der Waals surface area contributed by atoms with Gasteiger partial charge in [0.05, 0.1) is 0 Å². The molecule has 6 heteroatoms. The smallest absolute Gasteiger partial charge is 0.406 e. The first-order valence-electron chi connectivity index (χ1n) is 7.16. The molecular weight excluding hydrogens is 281 g/mol. The molecule has 0 aromatic heterocycles. The van der Waals surface area contributed by atoms with E-state index in [2.05, 4.69) is 15.0 Å². The Hall–Kier alpha value is -1.27. The lowest BCUT2D eigenvalue weighted by Gasteiger charge is -2.27. The average Bonchev–Trinajstić information content (AvgIpc) is 2.38. The van der Waals surface area contributed by atoms with Gasteiger partial charge in [-0.05, 0) is 56.6 Å². The van der Waals surface area contributed by atoms with Gasteiger partial charge >= 0.3 is 6.36 Å².